The van der Waals surface area contributed by atoms with Crippen LogP contribution in [-0.2, 0) is 0 Å². The lowest BCUT2D eigenvalue weighted by Crippen LogP contribution is -2.38. The van der Waals surface area contributed by atoms with Crippen LogP contribution >= 0.6 is 11.9 Å². The fourth-order valence-electron chi connectivity index (χ4n) is 5.42. The molecule has 1 aromatic heterocycles. The van der Waals surface area contributed by atoms with Gasteiger partial charge in [0.2, 0.25) is 0 Å². The molecular formula is C28H37N5O2S. The van der Waals surface area contributed by atoms with Crippen molar-refractivity contribution in [2.75, 3.05) is 46.0 Å². The molecule has 1 atom stereocenters. The fraction of sp³-hybridized carbons (Fsp3) is 0.571. The number of rotatable bonds is 7. The van der Waals surface area contributed by atoms with Gasteiger partial charge in [-0.15, -0.1) is 0 Å². The second-order valence-electron chi connectivity index (χ2n) is 11.5. The molecule has 2 saturated heterocycles. The molecule has 0 bridgehead atoms. The topological polar surface area (TPSA) is 80.7 Å². The first-order chi connectivity index (χ1) is 17.4. The number of amides is 1. The number of β-amino-alcohol motifs (C(OH)–C–C–N with tert-alkyl or cyclic N) is 1. The molecule has 2 aliphatic heterocycles. The molecule has 0 unspecified atom stereocenters. The smallest absolute Gasteiger partial charge is 0.258 e. The van der Waals surface area contributed by atoms with Crippen LogP contribution < -0.4 is 19.8 Å². The molecule has 3 N–H and O–H groups in total. The minimum Gasteiger partial charge on any atom is -0.391 e. The Hall–Kier alpha value is -2.45. The van der Waals surface area contributed by atoms with E-state index in [1.807, 2.05) is 30.3 Å². The highest BCUT2D eigenvalue weighted by atomic mass is 32.2. The number of piperidine rings is 2. The van der Waals surface area contributed by atoms with E-state index in [0.29, 0.717) is 28.1 Å². The molecule has 1 aromatic carbocycles. The van der Waals surface area contributed by atoms with E-state index >= 15 is 0 Å². The largest absolute Gasteiger partial charge is 0.391 e. The highest BCUT2D eigenvalue weighted by Crippen LogP contribution is 2.54. The minimum absolute atomic E-state index is 0.131. The quantitative estimate of drug-likeness (QED) is 0.440. The summed E-state index contributed by atoms with van der Waals surface area (Å²) in [6, 6.07) is 11.8. The van der Waals surface area contributed by atoms with Gasteiger partial charge in [0, 0.05) is 36.6 Å². The molecule has 7 nitrogen and oxygen atoms in total. The van der Waals surface area contributed by atoms with Gasteiger partial charge >= 0.3 is 0 Å². The zero-order chi connectivity index (χ0) is 24.8. The molecule has 36 heavy (non-hydrogen) atoms. The lowest BCUT2D eigenvalue weighted by atomic mass is 9.93. The number of benzene rings is 1. The van der Waals surface area contributed by atoms with E-state index in [9.17, 15) is 9.90 Å². The summed E-state index contributed by atoms with van der Waals surface area (Å²) in [5.74, 6) is 1.20. The van der Waals surface area contributed by atoms with E-state index in [1.165, 1.54) is 38.5 Å². The Morgan fingerprint density at radius 1 is 1.06 bits per heavy atom. The number of carbonyl (C=O) groups is 1. The third-order valence-electron chi connectivity index (χ3n) is 8.43. The maximum absolute atomic E-state index is 13.5. The Kier molecular flexibility index (Phi) is 6.28. The summed E-state index contributed by atoms with van der Waals surface area (Å²) in [7, 11) is 0. The summed E-state index contributed by atoms with van der Waals surface area (Å²) in [6.45, 7) is 5.74. The molecule has 1 spiro atoms. The molecule has 6 rings (SSSR count). The summed E-state index contributed by atoms with van der Waals surface area (Å²) >= 11 is 1.79. The Bertz CT molecular complexity index is 1120. The first-order valence-electron chi connectivity index (χ1n) is 13.4. The molecule has 0 radical (unpaired) electrons. The number of pyridine rings is 1. The van der Waals surface area contributed by atoms with E-state index in [2.05, 4.69) is 32.8 Å². The molecule has 4 fully saturated rings. The van der Waals surface area contributed by atoms with Gasteiger partial charge in [-0.1, -0.05) is 6.07 Å². The van der Waals surface area contributed by atoms with Gasteiger partial charge in [0.25, 0.3) is 5.91 Å². The summed E-state index contributed by atoms with van der Waals surface area (Å²) in [6.07, 6.45) is 9.08. The van der Waals surface area contributed by atoms with E-state index in [0.717, 1.165) is 49.7 Å². The molecule has 2 saturated carbocycles. The molecule has 3 heterocycles. The maximum Gasteiger partial charge on any atom is 0.258 e. The van der Waals surface area contributed by atoms with Gasteiger partial charge in [0.05, 0.1) is 17.4 Å². The number of hydrogen-bond acceptors (Lipinski definition) is 7. The van der Waals surface area contributed by atoms with Crippen LogP contribution in [0.4, 0.5) is 23.0 Å². The predicted octanol–water partition coefficient (Wildman–Crippen LogP) is 5.29. The van der Waals surface area contributed by atoms with Crippen LogP contribution in [-0.4, -0.2) is 53.0 Å². The van der Waals surface area contributed by atoms with Gasteiger partial charge in [-0.05, 0) is 106 Å². The molecule has 1 amide bonds. The van der Waals surface area contributed by atoms with E-state index in [-0.39, 0.29) is 12.0 Å². The molecule has 2 aromatic rings. The molecule has 4 aliphatic rings. The number of nitrogens with one attached hydrogen (secondary N) is 2. The maximum atomic E-state index is 13.5. The second-order valence-corrected chi connectivity index (χ2v) is 12.8. The fourth-order valence-corrected chi connectivity index (χ4v) is 6.22. The van der Waals surface area contributed by atoms with Gasteiger partial charge in [0.1, 0.15) is 11.6 Å². The summed E-state index contributed by atoms with van der Waals surface area (Å²) in [5, 5.41) is 13.1. The zero-order valence-corrected chi connectivity index (χ0v) is 21.9. The van der Waals surface area contributed by atoms with Crippen molar-refractivity contribution >= 4 is 40.9 Å². The van der Waals surface area contributed by atoms with Crippen molar-refractivity contribution in [1.29, 1.82) is 0 Å². The van der Waals surface area contributed by atoms with Crippen LogP contribution in [0.2, 0.25) is 0 Å². The van der Waals surface area contributed by atoms with Crippen LogP contribution in [0.5, 0.6) is 0 Å². The molecule has 2 aliphatic carbocycles. The number of hydrogen-bond donors (Lipinski definition) is 3. The summed E-state index contributed by atoms with van der Waals surface area (Å²) in [4.78, 5) is 22.7. The highest BCUT2D eigenvalue weighted by molar-refractivity contribution is 8.02. The summed E-state index contributed by atoms with van der Waals surface area (Å²) < 4.78 is 3.87. The van der Waals surface area contributed by atoms with Crippen LogP contribution in [0.1, 0.15) is 68.6 Å². The average molecular weight is 508 g/mol. The van der Waals surface area contributed by atoms with Gasteiger partial charge in [-0.3, -0.25) is 4.79 Å². The van der Waals surface area contributed by atoms with Crippen LogP contribution in [0, 0.1) is 5.41 Å². The van der Waals surface area contributed by atoms with Crippen molar-refractivity contribution in [3.05, 3.63) is 42.0 Å². The minimum atomic E-state index is -0.325. The number of anilines is 4. The average Bonchev–Trinajstić information content (AvgIpc) is 3.82. The third-order valence-corrected chi connectivity index (χ3v) is 9.67. The Labute approximate surface area is 218 Å². The number of aliphatic hydroxyl groups excluding tert-OH is 1. The SMILES string of the molecule is CC1(SNc2ccc(C(=O)Nc3cccc(N4CCC[C@@H](O)C4)n3)c(N3CCC4(CC3)CC4)c2)CC1. The summed E-state index contributed by atoms with van der Waals surface area (Å²) in [5.41, 5.74) is 3.33. The molecule has 8 heteroatoms. The van der Waals surface area contributed by atoms with E-state index in [1.54, 1.807) is 11.9 Å². The monoisotopic (exact) mass is 507 g/mol. The second kappa shape index (κ2) is 9.45. The van der Waals surface area contributed by atoms with E-state index < -0.39 is 0 Å². The number of aliphatic hydroxyl groups is 1. The van der Waals surface area contributed by atoms with Crippen LogP contribution in [0.15, 0.2) is 36.4 Å². The van der Waals surface area contributed by atoms with Gasteiger partial charge in [0.15, 0.2) is 0 Å². The number of aromatic nitrogens is 1. The van der Waals surface area contributed by atoms with Crippen LogP contribution in [0.3, 0.4) is 0 Å². The lowest BCUT2D eigenvalue weighted by Gasteiger charge is -2.35. The number of carbonyl (C=O) groups excluding carboxylic acids is 1. The van der Waals surface area contributed by atoms with Crippen molar-refractivity contribution in [2.24, 2.45) is 5.41 Å². The van der Waals surface area contributed by atoms with Gasteiger partial charge in [-0.2, -0.15) is 0 Å². The van der Waals surface area contributed by atoms with Crippen molar-refractivity contribution in [3.8, 4) is 0 Å². The Morgan fingerprint density at radius 2 is 1.86 bits per heavy atom. The van der Waals surface area contributed by atoms with Crippen molar-refractivity contribution in [2.45, 2.75) is 69.1 Å². The first-order valence-corrected chi connectivity index (χ1v) is 14.3. The third kappa shape index (κ3) is 5.30. The zero-order valence-electron chi connectivity index (χ0n) is 21.1. The van der Waals surface area contributed by atoms with Crippen molar-refractivity contribution in [3.63, 3.8) is 0 Å². The van der Waals surface area contributed by atoms with Gasteiger partial charge in [-0.25, -0.2) is 4.98 Å². The molecular weight excluding hydrogens is 470 g/mol. The highest BCUT2D eigenvalue weighted by Gasteiger charge is 2.44. The first kappa shape index (κ1) is 23.9. The van der Waals surface area contributed by atoms with Gasteiger partial charge < -0.3 is 24.9 Å². The Morgan fingerprint density at radius 3 is 2.58 bits per heavy atom. The lowest BCUT2D eigenvalue weighted by molar-refractivity contribution is 0.102. The molecule has 192 valence electrons. The van der Waals surface area contributed by atoms with Crippen molar-refractivity contribution in [1.82, 2.24) is 4.98 Å². The van der Waals surface area contributed by atoms with E-state index in [4.69, 9.17) is 4.98 Å². The standard InChI is InChI=1S/C28H37N5O2S/c1-27(9-10-27)36-31-20-7-8-22(23(18-20)32-16-13-28(11-12-28)14-17-32)26(35)30-24-5-2-6-25(29-24)33-15-3-4-21(34)19-33/h2,5-8,18,21,31,34H,3-4,9-17,19H2,1H3,(H,29,30,35)/t21-/m1/s1. The number of nitrogens with zero attached hydrogens (tertiary/aromatic N) is 3. The predicted molar refractivity (Wildman–Crippen MR) is 148 cm³/mol. The van der Waals surface area contributed by atoms with Crippen molar-refractivity contribution < 1.29 is 9.90 Å². The van der Waals surface area contributed by atoms with Crippen LogP contribution in [0.25, 0.3) is 0 Å². The normalized spacial score (nSPS) is 23.9. The Balaban J connectivity index is 1.21.